The maximum Gasteiger partial charge on any atom is 0.318 e. The van der Waals surface area contributed by atoms with Crippen LogP contribution in [0.3, 0.4) is 0 Å². The van der Waals surface area contributed by atoms with Crippen molar-refractivity contribution < 1.29 is 9.15 Å². The van der Waals surface area contributed by atoms with Crippen LogP contribution in [0.25, 0.3) is 0 Å². The molecule has 2 heterocycles. The average Bonchev–Trinajstić information content (AvgIpc) is 2.85. The van der Waals surface area contributed by atoms with Gasteiger partial charge in [0.2, 0.25) is 5.89 Å². The summed E-state index contributed by atoms with van der Waals surface area (Å²) in [7, 11) is 1.72. The van der Waals surface area contributed by atoms with Crippen molar-refractivity contribution >= 4 is 6.01 Å². The van der Waals surface area contributed by atoms with Gasteiger partial charge >= 0.3 is 6.01 Å². The molecule has 84 valence electrons. The van der Waals surface area contributed by atoms with Crippen LogP contribution in [0, 0.1) is 5.92 Å². The zero-order chi connectivity index (χ0) is 10.7. The van der Waals surface area contributed by atoms with Gasteiger partial charge in [0, 0.05) is 26.1 Å². The minimum absolute atomic E-state index is 0.294. The molecule has 1 fully saturated rings. The Morgan fingerprint density at radius 3 is 3.13 bits per heavy atom. The number of methoxy groups -OCH3 is 1. The second-order valence-electron chi connectivity index (χ2n) is 3.74. The van der Waals surface area contributed by atoms with E-state index in [1.54, 1.807) is 7.11 Å². The summed E-state index contributed by atoms with van der Waals surface area (Å²) in [5.41, 5.74) is 5.40. The van der Waals surface area contributed by atoms with E-state index < -0.39 is 0 Å². The first-order chi connectivity index (χ1) is 7.33. The summed E-state index contributed by atoms with van der Waals surface area (Å²) in [6.07, 6.45) is 1.11. The maximum atomic E-state index is 5.40. The molecule has 1 aliphatic heterocycles. The first-order valence-electron chi connectivity index (χ1n) is 5.09. The molecule has 0 amide bonds. The van der Waals surface area contributed by atoms with E-state index in [-0.39, 0.29) is 0 Å². The van der Waals surface area contributed by atoms with Gasteiger partial charge in [0.25, 0.3) is 0 Å². The minimum atomic E-state index is 0.294. The van der Waals surface area contributed by atoms with Gasteiger partial charge in [0.1, 0.15) is 0 Å². The first kappa shape index (κ1) is 10.4. The lowest BCUT2D eigenvalue weighted by atomic mass is 10.1. The highest BCUT2D eigenvalue weighted by atomic mass is 16.5. The molecule has 1 aromatic rings. The van der Waals surface area contributed by atoms with Crippen molar-refractivity contribution in [3.05, 3.63) is 5.89 Å². The van der Waals surface area contributed by atoms with E-state index in [2.05, 4.69) is 15.1 Å². The minimum Gasteiger partial charge on any atom is -0.407 e. The fourth-order valence-electron chi connectivity index (χ4n) is 1.83. The smallest absolute Gasteiger partial charge is 0.318 e. The fraction of sp³-hybridized carbons (Fsp3) is 0.778. The van der Waals surface area contributed by atoms with E-state index in [1.807, 2.05) is 0 Å². The summed E-state index contributed by atoms with van der Waals surface area (Å²) in [4.78, 5) is 2.08. The van der Waals surface area contributed by atoms with Crippen LogP contribution in [0.4, 0.5) is 6.01 Å². The zero-order valence-corrected chi connectivity index (χ0v) is 8.85. The molecule has 1 unspecified atom stereocenters. The lowest BCUT2D eigenvalue weighted by Gasteiger charge is -2.12. The van der Waals surface area contributed by atoms with Gasteiger partial charge in [-0.15, -0.1) is 5.10 Å². The molecule has 6 nitrogen and oxygen atoms in total. The number of nitrogens with zero attached hydrogens (tertiary/aromatic N) is 3. The Bertz CT molecular complexity index is 315. The second-order valence-corrected chi connectivity index (χ2v) is 3.74. The van der Waals surface area contributed by atoms with Crippen LogP contribution in [-0.4, -0.2) is 37.0 Å². The number of ether oxygens (including phenoxy) is 1. The van der Waals surface area contributed by atoms with Gasteiger partial charge in [-0.25, -0.2) is 0 Å². The summed E-state index contributed by atoms with van der Waals surface area (Å²) in [6.45, 7) is 2.94. The Balaban J connectivity index is 1.95. The van der Waals surface area contributed by atoms with Crippen molar-refractivity contribution in [3.63, 3.8) is 0 Å². The first-order valence-corrected chi connectivity index (χ1v) is 5.09. The van der Waals surface area contributed by atoms with Crippen LogP contribution in [0.5, 0.6) is 0 Å². The zero-order valence-electron chi connectivity index (χ0n) is 8.85. The molecule has 0 spiro atoms. The summed E-state index contributed by atoms with van der Waals surface area (Å²) in [6, 6.07) is 0.578. The Morgan fingerprint density at radius 2 is 2.47 bits per heavy atom. The third-order valence-electron chi connectivity index (χ3n) is 2.59. The molecule has 1 aliphatic rings. The highest BCUT2D eigenvalue weighted by Gasteiger charge is 2.25. The predicted octanol–water partition coefficient (Wildman–Crippen LogP) is 0.00100. The molecule has 2 rings (SSSR count). The molecule has 15 heavy (non-hydrogen) atoms. The molecule has 0 aliphatic carbocycles. The van der Waals surface area contributed by atoms with Gasteiger partial charge in [-0.2, -0.15) is 0 Å². The van der Waals surface area contributed by atoms with Crippen LogP contribution < -0.4 is 10.6 Å². The van der Waals surface area contributed by atoms with Crippen molar-refractivity contribution in [2.45, 2.75) is 13.0 Å². The van der Waals surface area contributed by atoms with E-state index in [0.717, 1.165) is 26.1 Å². The summed E-state index contributed by atoms with van der Waals surface area (Å²) < 4.78 is 10.5. The maximum absolute atomic E-state index is 5.40. The lowest BCUT2D eigenvalue weighted by Crippen LogP contribution is -2.21. The van der Waals surface area contributed by atoms with Crippen molar-refractivity contribution in [2.75, 3.05) is 31.7 Å². The number of hydrogen-bond acceptors (Lipinski definition) is 6. The van der Waals surface area contributed by atoms with Gasteiger partial charge in [0.05, 0.1) is 13.2 Å². The van der Waals surface area contributed by atoms with Crippen LogP contribution in [-0.2, 0) is 11.3 Å². The van der Waals surface area contributed by atoms with E-state index in [1.165, 1.54) is 0 Å². The molecule has 0 aromatic carbocycles. The Labute approximate surface area is 88.4 Å². The highest BCUT2D eigenvalue weighted by Crippen LogP contribution is 2.22. The van der Waals surface area contributed by atoms with Crippen molar-refractivity contribution in [1.82, 2.24) is 10.2 Å². The van der Waals surface area contributed by atoms with Gasteiger partial charge in [-0.1, -0.05) is 5.10 Å². The normalized spacial score (nSPS) is 21.2. The second kappa shape index (κ2) is 4.59. The van der Waals surface area contributed by atoms with E-state index >= 15 is 0 Å². The fourth-order valence-corrected chi connectivity index (χ4v) is 1.83. The average molecular weight is 212 g/mol. The third-order valence-corrected chi connectivity index (χ3v) is 2.59. The van der Waals surface area contributed by atoms with Crippen LogP contribution in [0.1, 0.15) is 12.3 Å². The Morgan fingerprint density at radius 1 is 1.60 bits per heavy atom. The molecule has 1 saturated heterocycles. The molecule has 2 N–H and O–H groups in total. The highest BCUT2D eigenvalue weighted by molar-refractivity contribution is 5.26. The number of hydrogen-bond donors (Lipinski definition) is 1. The lowest BCUT2D eigenvalue weighted by molar-refractivity contribution is 0.160. The van der Waals surface area contributed by atoms with Gasteiger partial charge < -0.3 is 19.8 Å². The largest absolute Gasteiger partial charge is 0.407 e. The van der Waals surface area contributed by atoms with Gasteiger partial charge in [0.15, 0.2) is 0 Å². The van der Waals surface area contributed by atoms with E-state index in [9.17, 15) is 0 Å². The third kappa shape index (κ3) is 2.27. The molecule has 0 radical (unpaired) electrons. The molecule has 0 saturated carbocycles. The number of anilines is 1. The topological polar surface area (TPSA) is 77.4 Å². The monoisotopic (exact) mass is 212 g/mol. The van der Waals surface area contributed by atoms with E-state index in [0.29, 0.717) is 24.4 Å². The van der Waals surface area contributed by atoms with Gasteiger partial charge in [-0.3, -0.25) is 0 Å². The number of nitrogens with two attached hydrogens (primary N) is 1. The van der Waals surface area contributed by atoms with Crippen molar-refractivity contribution in [3.8, 4) is 0 Å². The Kier molecular flexibility index (Phi) is 3.17. The number of aromatic nitrogens is 2. The summed E-state index contributed by atoms with van der Waals surface area (Å²) in [5, 5.41) is 7.79. The standard InChI is InChI=1S/C9H16N4O2/c1-14-6-7-2-3-13(5-7)9-12-11-8(4-10)15-9/h7H,2-6,10H2,1H3. The molecular formula is C9H16N4O2. The van der Waals surface area contributed by atoms with Crippen molar-refractivity contribution in [2.24, 2.45) is 11.7 Å². The van der Waals surface area contributed by atoms with E-state index in [4.69, 9.17) is 14.9 Å². The quantitative estimate of drug-likeness (QED) is 0.757. The molecule has 1 atom stereocenters. The SMILES string of the molecule is COCC1CCN(c2nnc(CN)o2)C1. The Hall–Kier alpha value is -1.14. The summed E-state index contributed by atoms with van der Waals surface area (Å²) >= 11 is 0. The molecule has 6 heteroatoms. The van der Waals surface area contributed by atoms with Crippen LogP contribution in [0.15, 0.2) is 4.42 Å². The molecule has 0 bridgehead atoms. The number of rotatable bonds is 4. The van der Waals surface area contributed by atoms with Crippen molar-refractivity contribution in [1.29, 1.82) is 0 Å². The van der Waals surface area contributed by atoms with Crippen LogP contribution in [0.2, 0.25) is 0 Å². The molecular weight excluding hydrogens is 196 g/mol. The summed E-state index contributed by atoms with van der Waals surface area (Å²) in [5.74, 6) is 1.04. The molecule has 1 aromatic heterocycles. The van der Waals surface area contributed by atoms with Crippen LogP contribution >= 0.6 is 0 Å². The predicted molar refractivity (Wildman–Crippen MR) is 54.4 cm³/mol. The van der Waals surface area contributed by atoms with Gasteiger partial charge in [-0.05, 0) is 6.42 Å².